The summed E-state index contributed by atoms with van der Waals surface area (Å²) in [5.41, 5.74) is 8.90. The zero-order valence-electron chi connectivity index (χ0n) is 12.5. The Morgan fingerprint density at radius 1 is 1.24 bits per heavy atom. The average Bonchev–Trinajstić information content (AvgIpc) is 2.47. The molecule has 1 saturated heterocycles. The predicted octanol–water partition coefficient (Wildman–Crippen LogP) is 1.60. The van der Waals surface area contributed by atoms with Gasteiger partial charge in [-0.2, -0.15) is 17.0 Å². The van der Waals surface area contributed by atoms with Crippen LogP contribution in [0, 0.1) is 5.92 Å². The fraction of sp³-hybridized carbons (Fsp3) is 0.600. The van der Waals surface area contributed by atoms with Crippen LogP contribution in [0.4, 0.5) is 5.69 Å². The van der Waals surface area contributed by atoms with E-state index in [4.69, 9.17) is 5.73 Å². The van der Waals surface area contributed by atoms with E-state index in [-0.39, 0.29) is 0 Å². The van der Waals surface area contributed by atoms with Crippen LogP contribution in [0.2, 0.25) is 0 Å². The third-order valence-corrected chi connectivity index (χ3v) is 6.49. The summed E-state index contributed by atoms with van der Waals surface area (Å²) in [6, 6.07) is 5.76. The van der Waals surface area contributed by atoms with E-state index < -0.39 is 10.2 Å². The molecule has 0 aromatic heterocycles. The van der Waals surface area contributed by atoms with E-state index >= 15 is 0 Å². The molecule has 2 aliphatic rings. The van der Waals surface area contributed by atoms with Gasteiger partial charge in [-0.15, -0.1) is 0 Å². The maximum absolute atomic E-state index is 12.8. The lowest BCUT2D eigenvalue weighted by atomic mass is 9.99. The summed E-state index contributed by atoms with van der Waals surface area (Å²) in [5, 5.41) is 0. The molecule has 2 heterocycles. The van der Waals surface area contributed by atoms with Crippen LogP contribution >= 0.6 is 0 Å². The lowest BCUT2D eigenvalue weighted by molar-refractivity contribution is 0.253. The Kier molecular flexibility index (Phi) is 3.94. The lowest BCUT2D eigenvalue weighted by Gasteiger charge is -2.36. The molecule has 1 fully saturated rings. The van der Waals surface area contributed by atoms with Gasteiger partial charge < -0.3 is 5.73 Å². The van der Waals surface area contributed by atoms with Crippen molar-refractivity contribution in [1.82, 2.24) is 8.61 Å². The number of rotatable bonds is 2. The van der Waals surface area contributed by atoms with Crippen molar-refractivity contribution in [3.63, 3.8) is 0 Å². The molecule has 5 nitrogen and oxygen atoms in total. The van der Waals surface area contributed by atoms with Gasteiger partial charge in [0.05, 0.1) is 0 Å². The third-order valence-electron chi connectivity index (χ3n) is 4.54. The number of nitrogens with zero attached hydrogens (tertiary/aromatic N) is 2. The van der Waals surface area contributed by atoms with Crippen LogP contribution in [0.15, 0.2) is 18.2 Å². The highest BCUT2D eigenvalue weighted by Gasteiger charge is 2.34. The number of hydrogen-bond donors (Lipinski definition) is 1. The fourth-order valence-corrected chi connectivity index (χ4v) is 5.08. The minimum Gasteiger partial charge on any atom is -0.398 e. The molecule has 3 rings (SSSR count). The molecule has 0 amide bonds. The Balaban J connectivity index is 1.81. The van der Waals surface area contributed by atoms with E-state index in [0.717, 1.165) is 29.7 Å². The highest BCUT2D eigenvalue weighted by Crippen LogP contribution is 2.28. The van der Waals surface area contributed by atoms with Gasteiger partial charge in [-0.1, -0.05) is 19.1 Å². The van der Waals surface area contributed by atoms with Gasteiger partial charge in [0.1, 0.15) is 0 Å². The molecule has 21 heavy (non-hydrogen) atoms. The third kappa shape index (κ3) is 2.80. The van der Waals surface area contributed by atoms with Crippen LogP contribution < -0.4 is 5.73 Å². The first-order valence-electron chi connectivity index (χ1n) is 7.60. The van der Waals surface area contributed by atoms with Crippen LogP contribution in [-0.2, 0) is 23.2 Å². The van der Waals surface area contributed by atoms with Crippen molar-refractivity contribution in [2.45, 2.75) is 32.7 Å². The van der Waals surface area contributed by atoms with Crippen LogP contribution in [0.25, 0.3) is 0 Å². The SMILES string of the molecule is CC1CCCN(S(=O)(=O)N2CCc3c(N)cccc3C2)C1. The number of nitrogens with two attached hydrogens (primary N) is 1. The Labute approximate surface area is 126 Å². The molecular weight excluding hydrogens is 286 g/mol. The van der Waals surface area contributed by atoms with Crippen molar-refractivity contribution < 1.29 is 8.42 Å². The van der Waals surface area contributed by atoms with Gasteiger partial charge in [0.15, 0.2) is 0 Å². The maximum Gasteiger partial charge on any atom is 0.282 e. The molecule has 0 saturated carbocycles. The molecule has 6 heteroatoms. The van der Waals surface area contributed by atoms with Gasteiger partial charge >= 0.3 is 0 Å². The second kappa shape index (κ2) is 5.59. The molecule has 1 unspecified atom stereocenters. The second-order valence-electron chi connectivity index (χ2n) is 6.18. The fourth-order valence-electron chi connectivity index (χ4n) is 3.33. The summed E-state index contributed by atoms with van der Waals surface area (Å²) in [6.07, 6.45) is 2.77. The summed E-state index contributed by atoms with van der Waals surface area (Å²) >= 11 is 0. The van der Waals surface area contributed by atoms with Crippen molar-refractivity contribution in [1.29, 1.82) is 0 Å². The largest absolute Gasteiger partial charge is 0.398 e. The molecule has 0 aliphatic carbocycles. The lowest BCUT2D eigenvalue weighted by Crippen LogP contribution is -2.49. The molecule has 1 aromatic carbocycles. The maximum atomic E-state index is 12.8. The van der Waals surface area contributed by atoms with Crippen LogP contribution in [0.3, 0.4) is 0 Å². The molecular formula is C15H23N3O2S. The standard InChI is InChI=1S/C15H23N3O2S/c1-12-4-3-8-17(10-12)21(19,20)18-9-7-14-13(11-18)5-2-6-15(14)16/h2,5-6,12H,3-4,7-11,16H2,1H3. The average molecular weight is 309 g/mol. The first-order chi connectivity index (χ1) is 9.98. The van der Waals surface area contributed by atoms with Crippen molar-refractivity contribution in [3.8, 4) is 0 Å². The smallest absolute Gasteiger partial charge is 0.282 e. The molecule has 0 spiro atoms. The van der Waals surface area contributed by atoms with Gasteiger partial charge in [0.25, 0.3) is 10.2 Å². The summed E-state index contributed by atoms with van der Waals surface area (Å²) in [5.74, 6) is 0.446. The van der Waals surface area contributed by atoms with E-state index in [9.17, 15) is 8.42 Å². The zero-order valence-corrected chi connectivity index (χ0v) is 13.3. The van der Waals surface area contributed by atoms with E-state index in [1.165, 1.54) is 0 Å². The monoisotopic (exact) mass is 309 g/mol. The summed E-state index contributed by atoms with van der Waals surface area (Å²) in [7, 11) is -3.35. The normalized spacial score (nSPS) is 24.7. The first-order valence-corrected chi connectivity index (χ1v) is 8.99. The van der Waals surface area contributed by atoms with Gasteiger partial charge in [-0.25, -0.2) is 0 Å². The summed E-state index contributed by atoms with van der Waals surface area (Å²) < 4.78 is 28.9. The highest BCUT2D eigenvalue weighted by molar-refractivity contribution is 7.86. The minimum absolute atomic E-state index is 0.438. The van der Waals surface area contributed by atoms with Gasteiger partial charge in [-0.3, -0.25) is 0 Å². The number of piperidine rings is 1. The van der Waals surface area contributed by atoms with E-state index in [2.05, 4.69) is 6.92 Å². The highest BCUT2D eigenvalue weighted by atomic mass is 32.2. The van der Waals surface area contributed by atoms with Crippen molar-refractivity contribution in [2.24, 2.45) is 5.92 Å². The topological polar surface area (TPSA) is 66.6 Å². The quantitative estimate of drug-likeness (QED) is 0.844. The van der Waals surface area contributed by atoms with Crippen LogP contribution in [0.1, 0.15) is 30.9 Å². The molecule has 2 aliphatic heterocycles. The zero-order chi connectivity index (χ0) is 15.0. The Morgan fingerprint density at radius 2 is 2.05 bits per heavy atom. The van der Waals surface area contributed by atoms with Gasteiger partial charge in [0.2, 0.25) is 0 Å². The Hall–Kier alpha value is -1.11. The van der Waals surface area contributed by atoms with Crippen LogP contribution in [-0.4, -0.2) is 36.7 Å². The number of benzene rings is 1. The molecule has 116 valence electrons. The number of nitrogen functional groups attached to an aromatic ring is 1. The summed E-state index contributed by atoms with van der Waals surface area (Å²) in [4.78, 5) is 0. The van der Waals surface area contributed by atoms with E-state index in [0.29, 0.717) is 38.5 Å². The molecule has 0 bridgehead atoms. The van der Waals surface area contributed by atoms with E-state index in [1.54, 1.807) is 8.61 Å². The van der Waals surface area contributed by atoms with Crippen molar-refractivity contribution in [2.75, 3.05) is 25.4 Å². The minimum atomic E-state index is -3.35. The van der Waals surface area contributed by atoms with Crippen LogP contribution in [0.5, 0.6) is 0 Å². The predicted molar refractivity (Wildman–Crippen MR) is 83.9 cm³/mol. The second-order valence-corrected chi connectivity index (χ2v) is 8.11. The number of hydrogen-bond acceptors (Lipinski definition) is 3. The molecule has 0 radical (unpaired) electrons. The van der Waals surface area contributed by atoms with Gasteiger partial charge in [-0.05, 0) is 42.4 Å². The number of fused-ring (bicyclic) bond motifs is 1. The van der Waals surface area contributed by atoms with Crippen molar-refractivity contribution >= 4 is 15.9 Å². The molecule has 1 aromatic rings. The Morgan fingerprint density at radius 3 is 2.81 bits per heavy atom. The van der Waals surface area contributed by atoms with Crippen molar-refractivity contribution in [3.05, 3.63) is 29.3 Å². The van der Waals surface area contributed by atoms with E-state index in [1.807, 2.05) is 18.2 Å². The Bertz CT molecular complexity index is 630. The first kappa shape index (κ1) is 14.8. The number of anilines is 1. The molecule has 2 N–H and O–H groups in total. The van der Waals surface area contributed by atoms with Gasteiger partial charge in [0, 0.05) is 31.9 Å². The molecule has 1 atom stereocenters. The summed E-state index contributed by atoms with van der Waals surface area (Å²) in [6.45, 7) is 4.37.